The average molecular weight is 266 g/mol. The number of hydrogen-bond donors (Lipinski definition) is 1. The Morgan fingerprint density at radius 1 is 1.53 bits per heavy atom. The number of halogens is 1. The molecule has 0 saturated carbocycles. The lowest BCUT2D eigenvalue weighted by Gasteiger charge is -2.05. The van der Waals surface area contributed by atoms with Crippen molar-refractivity contribution >= 4 is 39.0 Å². The molecular formula is C12H12ClN3S. The first kappa shape index (κ1) is 12.2. The minimum absolute atomic E-state index is 0.277. The van der Waals surface area contributed by atoms with Crippen molar-refractivity contribution < 1.29 is 0 Å². The van der Waals surface area contributed by atoms with Crippen molar-refractivity contribution in [3.8, 4) is 12.3 Å². The number of thiophene rings is 1. The Hall–Kier alpha value is -1.31. The highest BCUT2D eigenvalue weighted by Gasteiger charge is 2.08. The predicted molar refractivity (Wildman–Crippen MR) is 73.7 cm³/mol. The fourth-order valence-corrected chi connectivity index (χ4v) is 2.65. The number of unbranched alkanes of at least 4 members (excludes halogenated alkanes) is 1. The zero-order valence-electron chi connectivity index (χ0n) is 9.46. The van der Waals surface area contributed by atoms with Crippen molar-refractivity contribution in [3.05, 3.63) is 16.2 Å². The van der Waals surface area contributed by atoms with Crippen LogP contribution in [-0.2, 0) is 0 Å². The van der Waals surface area contributed by atoms with Crippen LogP contribution in [-0.4, -0.2) is 16.5 Å². The van der Waals surface area contributed by atoms with E-state index in [0.717, 1.165) is 35.4 Å². The van der Waals surface area contributed by atoms with Gasteiger partial charge in [0.15, 0.2) is 0 Å². The van der Waals surface area contributed by atoms with Gasteiger partial charge in [-0.25, -0.2) is 9.97 Å². The lowest BCUT2D eigenvalue weighted by molar-refractivity contribution is 0.902. The van der Waals surface area contributed by atoms with Crippen LogP contribution >= 0.6 is 22.9 Å². The summed E-state index contributed by atoms with van der Waals surface area (Å²) in [5, 5.41) is 4.55. The van der Waals surface area contributed by atoms with Crippen molar-refractivity contribution in [3.63, 3.8) is 0 Å². The molecule has 0 unspecified atom stereocenters. The Morgan fingerprint density at radius 3 is 3.12 bits per heavy atom. The molecule has 5 heteroatoms. The van der Waals surface area contributed by atoms with Crippen LogP contribution in [0.15, 0.2) is 6.07 Å². The smallest absolute Gasteiger partial charge is 0.225 e. The Balaban J connectivity index is 2.23. The van der Waals surface area contributed by atoms with E-state index >= 15 is 0 Å². The molecule has 88 valence electrons. The van der Waals surface area contributed by atoms with Gasteiger partial charge in [-0.15, -0.1) is 23.7 Å². The minimum Gasteiger partial charge on any atom is -0.369 e. The molecule has 0 aliphatic heterocycles. The summed E-state index contributed by atoms with van der Waals surface area (Å²) in [6, 6.07) is 2.07. The fraction of sp³-hybridized carbons (Fsp3) is 0.333. The molecule has 0 fully saturated rings. The van der Waals surface area contributed by atoms with Gasteiger partial charge in [0.05, 0.1) is 5.39 Å². The molecular weight excluding hydrogens is 254 g/mol. The second kappa shape index (κ2) is 5.35. The molecule has 0 spiro atoms. The van der Waals surface area contributed by atoms with E-state index in [1.54, 1.807) is 11.3 Å². The van der Waals surface area contributed by atoms with Gasteiger partial charge >= 0.3 is 0 Å². The number of terminal acetylenes is 1. The molecule has 0 aromatic carbocycles. The topological polar surface area (TPSA) is 37.8 Å². The molecule has 3 nitrogen and oxygen atoms in total. The summed E-state index contributed by atoms with van der Waals surface area (Å²) in [7, 11) is 0. The van der Waals surface area contributed by atoms with E-state index in [4.69, 9.17) is 18.0 Å². The van der Waals surface area contributed by atoms with E-state index in [-0.39, 0.29) is 5.28 Å². The monoisotopic (exact) mass is 265 g/mol. The maximum Gasteiger partial charge on any atom is 0.225 e. The Bertz CT molecular complexity index is 571. The van der Waals surface area contributed by atoms with Gasteiger partial charge in [-0.3, -0.25) is 0 Å². The third kappa shape index (κ3) is 2.87. The van der Waals surface area contributed by atoms with E-state index in [0.29, 0.717) is 0 Å². The first-order valence-electron chi connectivity index (χ1n) is 5.31. The molecule has 2 rings (SSSR count). The van der Waals surface area contributed by atoms with Crippen LogP contribution in [0, 0.1) is 19.3 Å². The van der Waals surface area contributed by atoms with E-state index in [1.165, 1.54) is 4.88 Å². The first-order chi connectivity index (χ1) is 8.20. The normalized spacial score (nSPS) is 10.4. The molecule has 2 aromatic rings. The number of hydrogen-bond acceptors (Lipinski definition) is 4. The maximum absolute atomic E-state index is 5.89. The van der Waals surface area contributed by atoms with E-state index in [1.807, 2.05) is 6.92 Å². The molecule has 17 heavy (non-hydrogen) atoms. The highest BCUT2D eigenvalue weighted by molar-refractivity contribution is 7.18. The molecule has 1 N–H and O–H groups in total. The van der Waals surface area contributed by atoms with Gasteiger partial charge < -0.3 is 5.32 Å². The van der Waals surface area contributed by atoms with Crippen molar-refractivity contribution in [1.82, 2.24) is 9.97 Å². The van der Waals surface area contributed by atoms with Gasteiger partial charge in [0, 0.05) is 17.8 Å². The van der Waals surface area contributed by atoms with E-state index in [2.05, 4.69) is 27.3 Å². The molecule has 0 aliphatic rings. The summed E-state index contributed by atoms with van der Waals surface area (Å²) in [6.07, 6.45) is 6.88. The average Bonchev–Trinajstić information content (AvgIpc) is 2.64. The second-order valence-corrected chi connectivity index (χ2v) is 5.22. The fourth-order valence-electron chi connectivity index (χ4n) is 1.55. The van der Waals surface area contributed by atoms with Gasteiger partial charge in [0.25, 0.3) is 0 Å². The lowest BCUT2D eigenvalue weighted by atomic mass is 10.3. The summed E-state index contributed by atoms with van der Waals surface area (Å²) in [5.41, 5.74) is 0. The van der Waals surface area contributed by atoms with E-state index < -0.39 is 0 Å². The predicted octanol–water partition coefficient (Wildman–Crippen LogP) is 3.48. The maximum atomic E-state index is 5.89. The zero-order chi connectivity index (χ0) is 12.3. The van der Waals surface area contributed by atoms with Gasteiger partial charge in [0.2, 0.25) is 5.28 Å². The number of nitrogens with zero attached hydrogens (tertiary/aromatic N) is 2. The highest BCUT2D eigenvalue weighted by Crippen LogP contribution is 2.29. The van der Waals surface area contributed by atoms with Crippen LogP contribution in [0.2, 0.25) is 5.28 Å². The lowest BCUT2D eigenvalue weighted by Crippen LogP contribution is -2.03. The zero-order valence-corrected chi connectivity index (χ0v) is 11.0. The molecule has 0 bridgehead atoms. The number of fused-ring (bicyclic) bond motifs is 1. The van der Waals surface area contributed by atoms with Crippen molar-refractivity contribution in [1.29, 1.82) is 0 Å². The minimum atomic E-state index is 0.277. The molecule has 2 aromatic heterocycles. The van der Waals surface area contributed by atoms with E-state index in [9.17, 15) is 0 Å². The van der Waals surface area contributed by atoms with Gasteiger partial charge in [0.1, 0.15) is 10.6 Å². The Kier molecular flexibility index (Phi) is 3.82. The summed E-state index contributed by atoms with van der Waals surface area (Å²) < 4.78 is 0. The number of rotatable bonds is 4. The molecule has 0 radical (unpaired) electrons. The van der Waals surface area contributed by atoms with Crippen molar-refractivity contribution in [2.45, 2.75) is 19.8 Å². The molecule has 0 atom stereocenters. The van der Waals surface area contributed by atoms with Gasteiger partial charge in [-0.1, -0.05) is 0 Å². The van der Waals surface area contributed by atoms with Crippen LogP contribution in [0.3, 0.4) is 0 Å². The summed E-state index contributed by atoms with van der Waals surface area (Å²) in [4.78, 5) is 10.5. The number of aromatic nitrogens is 2. The summed E-state index contributed by atoms with van der Waals surface area (Å²) >= 11 is 7.50. The van der Waals surface area contributed by atoms with Crippen LogP contribution in [0.25, 0.3) is 10.2 Å². The van der Waals surface area contributed by atoms with Crippen molar-refractivity contribution in [2.24, 2.45) is 0 Å². The van der Waals surface area contributed by atoms with Gasteiger partial charge in [-0.2, -0.15) is 0 Å². The molecule has 2 heterocycles. The second-order valence-electron chi connectivity index (χ2n) is 3.65. The summed E-state index contributed by atoms with van der Waals surface area (Å²) in [5.74, 6) is 3.40. The van der Waals surface area contributed by atoms with Gasteiger partial charge in [-0.05, 0) is 31.0 Å². The number of aryl methyl sites for hydroxylation is 1. The molecule has 0 amide bonds. The highest BCUT2D eigenvalue weighted by atomic mass is 35.5. The molecule has 0 aliphatic carbocycles. The quantitative estimate of drug-likeness (QED) is 0.523. The standard InChI is InChI=1S/C12H12ClN3S/c1-3-4-5-6-14-10-9-7-8(2)17-11(9)16-12(13)15-10/h1,7H,4-6H2,2H3,(H,14,15,16). The first-order valence-corrected chi connectivity index (χ1v) is 6.51. The number of nitrogens with one attached hydrogen (secondary N) is 1. The number of anilines is 1. The Morgan fingerprint density at radius 2 is 2.35 bits per heavy atom. The third-order valence-electron chi connectivity index (χ3n) is 2.28. The SMILES string of the molecule is C#CCCCNc1nc(Cl)nc2sc(C)cc12. The van der Waals surface area contributed by atoms with Crippen LogP contribution in [0.4, 0.5) is 5.82 Å². The van der Waals surface area contributed by atoms with Crippen LogP contribution in [0.1, 0.15) is 17.7 Å². The summed E-state index contributed by atoms with van der Waals surface area (Å²) in [6.45, 7) is 2.84. The third-order valence-corrected chi connectivity index (χ3v) is 3.39. The van der Waals surface area contributed by atoms with Crippen molar-refractivity contribution in [2.75, 3.05) is 11.9 Å². The molecule has 0 saturated heterocycles. The van der Waals surface area contributed by atoms with Crippen LogP contribution < -0.4 is 5.32 Å². The Labute approximate surface area is 109 Å². The largest absolute Gasteiger partial charge is 0.369 e. The van der Waals surface area contributed by atoms with Crippen LogP contribution in [0.5, 0.6) is 0 Å².